The molecule has 5 nitrogen and oxygen atoms in total. The lowest BCUT2D eigenvalue weighted by atomic mass is 10.1. The number of alkyl halides is 3. The lowest BCUT2D eigenvalue weighted by Gasteiger charge is -2.38. The standard InChI is InChI=1S/C19H20F3N3O2S/c1-23(2)25-17(19(20,21)22)13-24(18(25)14-7-5-4-6-8-14)15-9-11-16(12-10-15)28(3,26)27/h4-13,18H,1-3H3. The van der Waals surface area contributed by atoms with Gasteiger partial charge >= 0.3 is 6.18 Å². The molecule has 0 spiro atoms. The molecule has 0 N–H and O–H groups in total. The first-order valence-corrected chi connectivity index (χ1v) is 10.3. The Labute approximate surface area is 162 Å². The van der Waals surface area contributed by atoms with Crippen molar-refractivity contribution in [1.82, 2.24) is 10.0 Å². The van der Waals surface area contributed by atoms with E-state index in [-0.39, 0.29) is 4.90 Å². The van der Waals surface area contributed by atoms with Crippen LogP contribution in [0, 0.1) is 0 Å². The number of anilines is 1. The first-order valence-electron chi connectivity index (χ1n) is 8.39. The minimum Gasteiger partial charge on any atom is -0.320 e. The highest BCUT2D eigenvalue weighted by Gasteiger charge is 2.48. The van der Waals surface area contributed by atoms with Gasteiger partial charge in [0.25, 0.3) is 0 Å². The molecule has 9 heteroatoms. The summed E-state index contributed by atoms with van der Waals surface area (Å²) in [6.45, 7) is 0. The largest absolute Gasteiger partial charge is 0.434 e. The maximum absolute atomic E-state index is 13.7. The molecule has 3 rings (SSSR count). The average Bonchev–Trinajstić information content (AvgIpc) is 3.03. The summed E-state index contributed by atoms with van der Waals surface area (Å²) in [6.07, 6.45) is -3.19. The highest BCUT2D eigenvalue weighted by Crippen LogP contribution is 2.44. The van der Waals surface area contributed by atoms with E-state index >= 15 is 0 Å². The molecular weight excluding hydrogens is 391 g/mol. The molecule has 1 atom stereocenters. The van der Waals surface area contributed by atoms with Gasteiger partial charge in [-0.1, -0.05) is 30.3 Å². The number of sulfone groups is 1. The summed E-state index contributed by atoms with van der Waals surface area (Å²) in [5.41, 5.74) is 0.310. The van der Waals surface area contributed by atoms with Gasteiger partial charge in [0.2, 0.25) is 0 Å². The fraction of sp³-hybridized carbons (Fsp3) is 0.263. The van der Waals surface area contributed by atoms with Gasteiger partial charge in [-0.2, -0.15) is 13.2 Å². The summed E-state index contributed by atoms with van der Waals surface area (Å²) in [5.74, 6) is 0. The molecule has 0 radical (unpaired) electrons. The van der Waals surface area contributed by atoms with Crippen LogP contribution in [0.2, 0.25) is 0 Å². The molecule has 0 fully saturated rings. The summed E-state index contributed by atoms with van der Waals surface area (Å²) in [7, 11) is -0.305. The van der Waals surface area contributed by atoms with Crippen molar-refractivity contribution >= 4 is 15.5 Å². The predicted molar refractivity (Wildman–Crippen MR) is 101 cm³/mol. The Bertz CT molecular complexity index is 972. The van der Waals surface area contributed by atoms with Crippen molar-refractivity contribution in [3.8, 4) is 0 Å². The number of hydrogen-bond acceptors (Lipinski definition) is 5. The van der Waals surface area contributed by atoms with Crippen LogP contribution < -0.4 is 4.90 Å². The molecule has 0 saturated heterocycles. The molecule has 0 bridgehead atoms. The highest BCUT2D eigenvalue weighted by molar-refractivity contribution is 7.90. The van der Waals surface area contributed by atoms with E-state index < -0.39 is 27.9 Å². The van der Waals surface area contributed by atoms with Gasteiger partial charge in [-0.25, -0.2) is 13.4 Å². The van der Waals surface area contributed by atoms with Gasteiger partial charge in [0, 0.05) is 32.2 Å². The summed E-state index contributed by atoms with van der Waals surface area (Å²) in [5, 5.41) is 2.56. The smallest absolute Gasteiger partial charge is 0.320 e. The van der Waals surface area contributed by atoms with E-state index in [1.807, 2.05) is 0 Å². The number of benzene rings is 2. The van der Waals surface area contributed by atoms with Crippen molar-refractivity contribution in [2.24, 2.45) is 0 Å². The van der Waals surface area contributed by atoms with Crippen molar-refractivity contribution in [2.45, 2.75) is 17.2 Å². The number of halogens is 3. The number of hydrazine groups is 1. The summed E-state index contributed by atoms with van der Waals surface area (Å²) < 4.78 is 64.6. The van der Waals surface area contributed by atoms with Crippen LogP contribution in [0.25, 0.3) is 0 Å². The third kappa shape index (κ3) is 3.85. The lowest BCUT2D eigenvalue weighted by molar-refractivity contribution is -0.136. The van der Waals surface area contributed by atoms with E-state index in [4.69, 9.17) is 0 Å². The van der Waals surface area contributed by atoms with Crippen molar-refractivity contribution in [2.75, 3.05) is 25.3 Å². The second-order valence-electron chi connectivity index (χ2n) is 6.66. The van der Waals surface area contributed by atoms with Gasteiger partial charge < -0.3 is 4.90 Å². The van der Waals surface area contributed by atoms with Crippen LogP contribution in [0.5, 0.6) is 0 Å². The number of hydrogen-bond donors (Lipinski definition) is 0. The van der Waals surface area contributed by atoms with Gasteiger partial charge in [0.15, 0.2) is 15.5 Å². The molecule has 0 aliphatic carbocycles. The molecule has 1 aliphatic heterocycles. The maximum Gasteiger partial charge on any atom is 0.434 e. The maximum atomic E-state index is 13.7. The highest BCUT2D eigenvalue weighted by atomic mass is 32.2. The fourth-order valence-electron chi connectivity index (χ4n) is 3.16. The molecule has 150 valence electrons. The van der Waals surface area contributed by atoms with Crippen LogP contribution >= 0.6 is 0 Å². The molecule has 28 heavy (non-hydrogen) atoms. The van der Waals surface area contributed by atoms with E-state index in [0.717, 1.165) is 12.5 Å². The van der Waals surface area contributed by atoms with Crippen LogP contribution in [0.15, 0.2) is 71.4 Å². The minimum absolute atomic E-state index is 0.108. The minimum atomic E-state index is -4.56. The number of rotatable bonds is 4. The topological polar surface area (TPSA) is 43.9 Å². The SMILES string of the molecule is CN(C)N1C(C(F)(F)F)=CN(c2ccc(S(C)(=O)=O)cc2)C1c1ccccc1. The Balaban J connectivity index is 2.14. The van der Waals surface area contributed by atoms with E-state index in [1.54, 1.807) is 44.4 Å². The third-order valence-electron chi connectivity index (χ3n) is 4.39. The Morgan fingerprint density at radius 3 is 2.00 bits per heavy atom. The number of nitrogens with zero attached hydrogens (tertiary/aromatic N) is 3. The Hall–Kier alpha value is -2.52. The van der Waals surface area contributed by atoms with Crippen LogP contribution in [0.3, 0.4) is 0 Å². The summed E-state index contributed by atoms with van der Waals surface area (Å²) in [4.78, 5) is 1.60. The molecule has 1 heterocycles. The Morgan fingerprint density at radius 1 is 0.964 bits per heavy atom. The molecule has 1 aliphatic rings. The molecular formula is C19H20F3N3O2S. The predicted octanol–water partition coefficient (Wildman–Crippen LogP) is 3.79. The van der Waals surface area contributed by atoms with Gasteiger partial charge in [-0.05, 0) is 29.8 Å². The van der Waals surface area contributed by atoms with Crippen molar-refractivity contribution in [1.29, 1.82) is 0 Å². The van der Waals surface area contributed by atoms with Crippen LogP contribution in [-0.2, 0) is 9.84 Å². The van der Waals surface area contributed by atoms with E-state index in [0.29, 0.717) is 11.3 Å². The van der Waals surface area contributed by atoms with Crippen LogP contribution in [0.1, 0.15) is 11.7 Å². The average molecular weight is 411 g/mol. The molecule has 1 unspecified atom stereocenters. The van der Waals surface area contributed by atoms with E-state index in [9.17, 15) is 21.6 Å². The zero-order valence-electron chi connectivity index (χ0n) is 15.6. The first kappa shape index (κ1) is 20.2. The van der Waals surface area contributed by atoms with E-state index in [2.05, 4.69) is 0 Å². The number of allylic oxidation sites excluding steroid dienone is 1. The zero-order valence-corrected chi connectivity index (χ0v) is 16.4. The first-order chi connectivity index (χ1) is 13.0. The summed E-state index contributed by atoms with van der Waals surface area (Å²) in [6, 6.07) is 14.6. The van der Waals surface area contributed by atoms with Gasteiger partial charge in [0.1, 0.15) is 6.17 Å². The van der Waals surface area contributed by atoms with E-state index in [1.165, 1.54) is 39.2 Å². The quantitative estimate of drug-likeness (QED) is 0.766. The second-order valence-corrected chi connectivity index (χ2v) is 8.68. The second kappa shape index (κ2) is 7.14. The van der Waals surface area contributed by atoms with Crippen molar-refractivity contribution < 1.29 is 21.6 Å². The van der Waals surface area contributed by atoms with Crippen LogP contribution in [-0.4, -0.2) is 45.0 Å². The zero-order chi connectivity index (χ0) is 20.7. The summed E-state index contributed by atoms with van der Waals surface area (Å²) >= 11 is 0. The molecule has 2 aromatic carbocycles. The normalized spacial score (nSPS) is 18.0. The van der Waals surface area contributed by atoms with Gasteiger partial charge in [-0.3, -0.25) is 5.01 Å². The van der Waals surface area contributed by atoms with Crippen molar-refractivity contribution in [3.63, 3.8) is 0 Å². The Kier molecular flexibility index (Phi) is 5.16. The lowest BCUT2D eigenvalue weighted by Crippen LogP contribution is -2.43. The monoisotopic (exact) mass is 411 g/mol. The van der Waals surface area contributed by atoms with Crippen molar-refractivity contribution in [3.05, 3.63) is 72.1 Å². The molecule has 0 saturated carbocycles. The third-order valence-corrected chi connectivity index (χ3v) is 5.51. The van der Waals surface area contributed by atoms with Crippen LogP contribution in [0.4, 0.5) is 18.9 Å². The molecule has 0 aromatic heterocycles. The van der Waals surface area contributed by atoms with Gasteiger partial charge in [-0.15, -0.1) is 0 Å². The Morgan fingerprint density at radius 2 is 1.54 bits per heavy atom. The van der Waals surface area contributed by atoms with Gasteiger partial charge in [0.05, 0.1) is 4.90 Å². The fourth-order valence-corrected chi connectivity index (χ4v) is 3.79. The molecule has 0 amide bonds. The molecule has 2 aromatic rings.